The Hall–Kier alpha value is -1.33. The van der Waals surface area contributed by atoms with Crippen LogP contribution in [-0.4, -0.2) is 61.7 Å². The van der Waals surface area contributed by atoms with Gasteiger partial charge < -0.3 is 0 Å². The number of hydrogen-bond donors (Lipinski definition) is 0. The molecular weight excluding hydrogens is 683 g/mol. The molecule has 38 heavy (non-hydrogen) atoms. The zero-order valence-corrected chi connectivity index (χ0v) is 28.9. The number of benzene rings is 2. The van der Waals surface area contributed by atoms with Crippen molar-refractivity contribution in [3.63, 3.8) is 0 Å². The van der Waals surface area contributed by atoms with Crippen LogP contribution in [0.15, 0.2) is 59.3 Å². The molecule has 1 aliphatic carbocycles. The van der Waals surface area contributed by atoms with Crippen LogP contribution in [0.3, 0.4) is 0 Å². The van der Waals surface area contributed by atoms with Gasteiger partial charge in [0.15, 0.2) is 0 Å². The van der Waals surface area contributed by atoms with Crippen molar-refractivity contribution < 1.29 is 0 Å². The van der Waals surface area contributed by atoms with Crippen LogP contribution in [0, 0.1) is 32.6 Å². The molecule has 1 unspecified atom stereocenters. The number of hydrogen-bond acceptors (Lipinski definition) is 3. The molecule has 2 aliphatic rings. The van der Waals surface area contributed by atoms with Crippen LogP contribution < -0.4 is 8.12 Å². The van der Waals surface area contributed by atoms with Gasteiger partial charge >= 0.3 is 245 Å². The van der Waals surface area contributed by atoms with Gasteiger partial charge in [-0.1, -0.05) is 0 Å². The third kappa shape index (κ3) is 6.04. The molecule has 0 spiro atoms. The van der Waals surface area contributed by atoms with E-state index in [1.165, 1.54) is 42.4 Å². The van der Waals surface area contributed by atoms with E-state index in [9.17, 15) is 0 Å². The van der Waals surface area contributed by atoms with Crippen molar-refractivity contribution in [2.45, 2.75) is 71.7 Å². The first-order valence-corrected chi connectivity index (χ1v) is 21.5. The van der Waals surface area contributed by atoms with Crippen LogP contribution in [0.5, 0.6) is 0 Å². The minimum absolute atomic E-state index is 0.226. The second kappa shape index (κ2) is 12.5. The summed E-state index contributed by atoms with van der Waals surface area (Å²) in [5, 5.41) is 0. The number of anilines is 1. The van der Waals surface area contributed by atoms with Crippen molar-refractivity contribution >= 4 is 38.2 Å². The Labute approximate surface area is 243 Å². The zero-order valence-electron chi connectivity index (χ0n) is 24.9. The van der Waals surface area contributed by atoms with E-state index in [0.29, 0.717) is 11.8 Å². The second-order valence-electron chi connectivity index (χ2n) is 12.0. The molecule has 0 bridgehead atoms. The van der Waals surface area contributed by atoms with Crippen LogP contribution in [0.4, 0.5) is 5.69 Å². The van der Waals surface area contributed by atoms with Gasteiger partial charge in [0.1, 0.15) is 0 Å². The third-order valence-electron chi connectivity index (χ3n) is 7.85. The molecule has 1 atom stereocenters. The Balaban J connectivity index is 1.91. The molecule has 5 heteroatoms. The first-order chi connectivity index (χ1) is 18.0. The SMILES string of the molecule is Cc1cc(C)c(N2CCN(C3=C(C(C)C)CCC=C3C(C)C)[CH]2[Po]([Cl])[c]2ccccc2CN(C)C)c(C)c1. The number of rotatable bonds is 8. The molecular formula is C33H47ClN3Po. The Bertz CT molecular complexity index is 1190. The molecule has 0 aromatic heterocycles. The van der Waals surface area contributed by atoms with E-state index >= 15 is 0 Å². The predicted octanol–water partition coefficient (Wildman–Crippen LogP) is 7.08. The maximum atomic E-state index is 7.90. The van der Waals surface area contributed by atoms with Crippen molar-refractivity contribution in [3.8, 4) is 0 Å². The van der Waals surface area contributed by atoms with Gasteiger partial charge in [0.05, 0.1) is 0 Å². The van der Waals surface area contributed by atoms with Gasteiger partial charge in [-0.3, -0.25) is 0 Å². The van der Waals surface area contributed by atoms with E-state index in [4.69, 9.17) is 8.45 Å². The van der Waals surface area contributed by atoms with E-state index < -0.39 is 20.9 Å². The molecule has 0 amide bonds. The Morgan fingerprint density at radius 2 is 1.58 bits per heavy atom. The Morgan fingerprint density at radius 1 is 0.947 bits per heavy atom. The van der Waals surface area contributed by atoms with Crippen LogP contribution in [0.2, 0.25) is 0 Å². The number of nitrogens with zero attached hydrogens (tertiary/aromatic N) is 3. The molecule has 1 heterocycles. The van der Waals surface area contributed by atoms with Gasteiger partial charge in [-0.05, 0) is 0 Å². The maximum absolute atomic E-state index is 7.90. The second-order valence-corrected chi connectivity index (χ2v) is 20.4. The number of halogens is 1. The molecule has 2 aromatic rings. The molecule has 4 rings (SSSR count). The van der Waals surface area contributed by atoms with Crippen molar-refractivity contribution in [1.29, 1.82) is 0 Å². The van der Waals surface area contributed by atoms with Crippen LogP contribution >= 0.6 is 8.45 Å². The van der Waals surface area contributed by atoms with E-state index in [1.54, 1.807) is 5.57 Å². The quantitative estimate of drug-likeness (QED) is 0.288. The molecule has 207 valence electrons. The molecule has 0 N–H and O–H groups in total. The molecule has 1 radical (unpaired) electrons. The topological polar surface area (TPSA) is 9.72 Å². The van der Waals surface area contributed by atoms with Gasteiger partial charge in [-0.15, -0.1) is 0 Å². The van der Waals surface area contributed by atoms with Gasteiger partial charge in [-0.25, -0.2) is 0 Å². The number of allylic oxidation sites excluding steroid dienone is 3. The summed E-state index contributed by atoms with van der Waals surface area (Å²) in [4.78, 5) is 7.74. The molecule has 1 saturated heterocycles. The number of aryl methyl sites for hydroxylation is 3. The summed E-state index contributed by atoms with van der Waals surface area (Å²) in [5.41, 5.74) is 11.5. The van der Waals surface area contributed by atoms with E-state index in [0.717, 1.165) is 32.5 Å². The standard InChI is InChI=1S/C24H35N2.C9H12N.ClH.Po/c1-16(2)21-9-8-10-22(17(3)4)24(21)26-12-11-25(15-26)23-19(6)13-18(5)14-20(23)7;1-10(2)8-9-6-4-3-5-7-9;;/h9,13-17H,8,10-12H2,1-7H3;3-6H,8H2,1-2H3;1H;/q;;;+1/p-1. The van der Waals surface area contributed by atoms with Crippen LogP contribution in [0.25, 0.3) is 0 Å². The van der Waals surface area contributed by atoms with Crippen LogP contribution in [-0.2, 0) is 6.54 Å². The van der Waals surface area contributed by atoms with E-state index in [2.05, 4.69) is 120 Å². The van der Waals surface area contributed by atoms with Crippen molar-refractivity contribution in [3.05, 3.63) is 81.6 Å². The first-order valence-electron chi connectivity index (χ1n) is 14.2. The summed E-state index contributed by atoms with van der Waals surface area (Å²) in [5.74, 6) is 1.04. The van der Waals surface area contributed by atoms with E-state index in [1.807, 2.05) is 0 Å². The van der Waals surface area contributed by atoms with Crippen molar-refractivity contribution in [1.82, 2.24) is 9.80 Å². The monoisotopic (exact) mass is 729 g/mol. The van der Waals surface area contributed by atoms with Crippen molar-refractivity contribution in [2.75, 3.05) is 32.1 Å². The molecule has 3 nitrogen and oxygen atoms in total. The van der Waals surface area contributed by atoms with Gasteiger partial charge in [0.2, 0.25) is 0 Å². The summed E-state index contributed by atoms with van der Waals surface area (Å²) in [6.45, 7) is 19.2. The molecule has 1 fully saturated rings. The fourth-order valence-corrected chi connectivity index (χ4v) is 16.0. The fraction of sp³-hybridized carbons (Fsp3) is 0.515. The Kier molecular flexibility index (Phi) is 9.72. The average molecular weight is 730 g/mol. The molecule has 2 aromatic carbocycles. The first kappa shape index (κ1) is 29.6. The summed E-state index contributed by atoms with van der Waals surface area (Å²) in [6.07, 6.45) is 4.83. The predicted molar refractivity (Wildman–Crippen MR) is 168 cm³/mol. The van der Waals surface area contributed by atoms with Gasteiger partial charge in [-0.2, -0.15) is 0 Å². The van der Waals surface area contributed by atoms with E-state index in [-0.39, 0.29) is 3.82 Å². The molecule has 0 saturated carbocycles. The fourth-order valence-electron chi connectivity index (χ4n) is 6.38. The zero-order chi connectivity index (χ0) is 27.7. The summed E-state index contributed by atoms with van der Waals surface area (Å²) >= 11 is -2.73. The summed E-state index contributed by atoms with van der Waals surface area (Å²) in [7, 11) is 12.2. The van der Waals surface area contributed by atoms with Crippen LogP contribution in [0.1, 0.15) is 62.8 Å². The summed E-state index contributed by atoms with van der Waals surface area (Å²) < 4.78 is 1.66. The molecule has 1 aliphatic heterocycles. The summed E-state index contributed by atoms with van der Waals surface area (Å²) in [6, 6.07) is 13.7. The minimum atomic E-state index is -2.73. The van der Waals surface area contributed by atoms with Gasteiger partial charge in [0.25, 0.3) is 0 Å². The Morgan fingerprint density at radius 3 is 2.18 bits per heavy atom. The third-order valence-corrected chi connectivity index (χ3v) is 17.3. The normalized spacial score (nSPS) is 18.6. The van der Waals surface area contributed by atoms with Gasteiger partial charge in [0, 0.05) is 0 Å². The van der Waals surface area contributed by atoms with Crippen molar-refractivity contribution in [2.24, 2.45) is 11.8 Å². The average Bonchev–Trinajstić information content (AvgIpc) is 3.26.